The lowest BCUT2D eigenvalue weighted by atomic mass is 10.0. The minimum atomic E-state index is -1.59. The second-order valence-electron chi connectivity index (χ2n) is 10.6. The number of nitrogens with two attached hydrogens (primary N) is 2. The zero-order chi connectivity index (χ0) is 32.0. The van der Waals surface area contributed by atoms with E-state index < -0.39 is 78.3 Å². The van der Waals surface area contributed by atoms with E-state index in [2.05, 4.69) is 31.6 Å². The quantitative estimate of drug-likeness (QED) is 0.0421. The summed E-state index contributed by atoms with van der Waals surface area (Å²) >= 11 is 0. The Morgan fingerprint density at radius 2 is 1.52 bits per heavy atom. The Morgan fingerprint density at radius 1 is 0.905 bits per heavy atom. The summed E-state index contributed by atoms with van der Waals surface area (Å²) < 4.78 is 0. The van der Waals surface area contributed by atoms with Crippen molar-refractivity contribution < 1.29 is 44.1 Å². The zero-order valence-electron chi connectivity index (χ0n) is 24.1. The highest BCUT2D eigenvalue weighted by molar-refractivity contribution is 5.96. The molecule has 1 rings (SSSR count). The lowest BCUT2D eigenvalue weighted by molar-refractivity contribution is -0.143. The van der Waals surface area contributed by atoms with Crippen molar-refractivity contribution in [1.82, 2.24) is 26.6 Å². The van der Waals surface area contributed by atoms with Gasteiger partial charge in [0.05, 0.1) is 18.6 Å². The van der Waals surface area contributed by atoms with Crippen LogP contribution in [0.4, 0.5) is 0 Å². The first-order chi connectivity index (χ1) is 19.6. The summed E-state index contributed by atoms with van der Waals surface area (Å²) in [7, 11) is 0. The first-order valence-corrected chi connectivity index (χ1v) is 13.7. The van der Waals surface area contributed by atoms with Gasteiger partial charge in [-0.3, -0.25) is 29.0 Å². The summed E-state index contributed by atoms with van der Waals surface area (Å²) in [5.41, 5.74) is 10.5. The van der Waals surface area contributed by atoms with Gasteiger partial charge in [0.15, 0.2) is 5.96 Å². The van der Waals surface area contributed by atoms with Crippen LogP contribution in [0.25, 0.3) is 0 Å². The van der Waals surface area contributed by atoms with E-state index in [1.165, 1.54) is 6.92 Å². The van der Waals surface area contributed by atoms with E-state index in [-0.39, 0.29) is 37.7 Å². The molecule has 0 bridgehead atoms. The molecule has 12 N–H and O–H groups in total. The third-order valence-corrected chi connectivity index (χ3v) is 6.35. The van der Waals surface area contributed by atoms with Crippen molar-refractivity contribution in [3.05, 3.63) is 0 Å². The maximum atomic E-state index is 13.2. The van der Waals surface area contributed by atoms with Gasteiger partial charge in [-0.25, -0.2) is 4.79 Å². The lowest BCUT2D eigenvalue weighted by Gasteiger charge is -2.28. The summed E-state index contributed by atoms with van der Waals surface area (Å²) in [5, 5.41) is 41.4. The molecule has 0 unspecified atom stereocenters. The molecule has 1 saturated heterocycles. The molecule has 17 nitrogen and oxygen atoms in total. The second kappa shape index (κ2) is 17.7. The highest BCUT2D eigenvalue weighted by Crippen LogP contribution is 2.10. The van der Waals surface area contributed by atoms with Crippen LogP contribution in [0.1, 0.15) is 59.3 Å². The van der Waals surface area contributed by atoms with Crippen LogP contribution in [0.15, 0.2) is 4.99 Å². The number of guanidine groups is 1. The first kappa shape index (κ1) is 36.0. The maximum Gasteiger partial charge on any atom is 0.326 e. The lowest BCUT2D eigenvalue weighted by Crippen LogP contribution is -2.60. The number of hydrogen-bond acceptors (Lipinski definition) is 9. The van der Waals surface area contributed by atoms with Gasteiger partial charge < -0.3 is 53.4 Å². The van der Waals surface area contributed by atoms with Crippen molar-refractivity contribution in [2.24, 2.45) is 22.4 Å². The monoisotopic (exact) mass is 600 g/mol. The molecule has 1 aliphatic rings. The van der Waals surface area contributed by atoms with E-state index in [1.54, 1.807) is 13.8 Å². The fraction of sp³-hybridized carbons (Fsp3) is 0.720. The number of amides is 4. The second-order valence-corrected chi connectivity index (χ2v) is 10.6. The summed E-state index contributed by atoms with van der Waals surface area (Å²) in [6.45, 7) is 5.45. The summed E-state index contributed by atoms with van der Waals surface area (Å²) in [5.74, 6) is -6.36. The molecule has 0 aromatic heterocycles. The number of carbonyl (C=O) groups excluding carboxylic acids is 4. The van der Waals surface area contributed by atoms with Crippen LogP contribution >= 0.6 is 0 Å². The standard InChI is InChI=1S/C25H44N8O9/c1-12(2)10-16(31-21(38)17(11-18(35)36)32-20(37)14-6-4-8-28-14)22(39)33-19(13(3)34)23(40)30-15(24(41)42)7-5-9-29-25(26)27/h12-17,19,28,34H,4-11H2,1-3H3,(H,30,40)(H,31,38)(H,32,37)(H,33,39)(H,35,36)(H,41,42)(H4,26,27,29)/t13-,14+,15+,16+,17+,19+/m1/s1. The van der Waals surface area contributed by atoms with Gasteiger partial charge in [-0.05, 0) is 51.5 Å². The van der Waals surface area contributed by atoms with Crippen LogP contribution in [-0.2, 0) is 28.8 Å². The number of nitrogens with zero attached hydrogens (tertiary/aromatic N) is 1. The third-order valence-electron chi connectivity index (χ3n) is 6.35. The van der Waals surface area contributed by atoms with E-state index in [9.17, 15) is 44.1 Å². The fourth-order valence-electron chi connectivity index (χ4n) is 4.22. The topological polar surface area (TPSA) is 288 Å². The van der Waals surface area contributed by atoms with Gasteiger partial charge >= 0.3 is 11.9 Å². The van der Waals surface area contributed by atoms with Crippen LogP contribution in [-0.4, -0.2) is 106 Å². The summed E-state index contributed by atoms with van der Waals surface area (Å²) in [4.78, 5) is 78.5. The van der Waals surface area contributed by atoms with Crippen molar-refractivity contribution in [3.8, 4) is 0 Å². The predicted molar refractivity (Wildman–Crippen MR) is 150 cm³/mol. The predicted octanol–water partition coefficient (Wildman–Crippen LogP) is -3.28. The maximum absolute atomic E-state index is 13.2. The number of carboxylic acids is 2. The average Bonchev–Trinajstić information content (AvgIpc) is 3.42. The molecule has 1 heterocycles. The molecule has 0 spiro atoms. The molecule has 4 amide bonds. The molecule has 6 atom stereocenters. The number of aliphatic hydroxyl groups is 1. The van der Waals surface area contributed by atoms with E-state index >= 15 is 0 Å². The molecule has 0 aromatic carbocycles. The third kappa shape index (κ3) is 13.1. The van der Waals surface area contributed by atoms with Gasteiger partial charge in [-0.2, -0.15) is 0 Å². The first-order valence-electron chi connectivity index (χ1n) is 13.7. The molecule has 1 aliphatic heterocycles. The fourth-order valence-corrected chi connectivity index (χ4v) is 4.22. The molecule has 238 valence electrons. The van der Waals surface area contributed by atoms with E-state index in [4.69, 9.17) is 11.5 Å². The zero-order valence-corrected chi connectivity index (χ0v) is 24.1. The highest BCUT2D eigenvalue weighted by Gasteiger charge is 2.35. The van der Waals surface area contributed by atoms with E-state index in [1.807, 2.05) is 0 Å². The molecule has 0 radical (unpaired) electrons. The Hall–Kier alpha value is -3.99. The van der Waals surface area contributed by atoms with Crippen molar-refractivity contribution in [3.63, 3.8) is 0 Å². The molecular formula is C25H44N8O9. The van der Waals surface area contributed by atoms with Crippen molar-refractivity contribution >= 4 is 41.5 Å². The molecule has 17 heteroatoms. The van der Waals surface area contributed by atoms with Crippen molar-refractivity contribution in [2.75, 3.05) is 13.1 Å². The number of aliphatic hydroxyl groups excluding tert-OH is 1. The summed E-state index contributed by atoms with van der Waals surface area (Å²) in [6.07, 6.45) is -0.698. The molecule has 0 saturated carbocycles. The molecule has 0 aliphatic carbocycles. The van der Waals surface area contributed by atoms with Crippen LogP contribution < -0.4 is 38.1 Å². The van der Waals surface area contributed by atoms with Gasteiger partial charge in [0.2, 0.25) is 23.6 Å². The average molecular weight is 601 g/mol. The van der Waals surface area contributed by atoms with Gasteiger partial charge in [0.25, 0.3) is 0 Å². The Balaban J connectivity index is 3.00. The van der Waals surface area contributed by atoms with Gasteiger partial charge in [-0.15, -0.1) is 0 Å². The van der Waals surface area contributed by atoms with Gasteiger partial charge in [0, 0.05) is 6.54 Å². The van der Waals surface area contributed by atoms with Crippen LogP contribution in [0.3, 0.4) is 0 Å². The number of carboxylic acid groups (broad SMARTS) is 2. The highest BCUT2D eigenvalue weighted by atomic mass is 16.4. The Morgan fingerprint density at radius 3 is 2.02 bits per heavy atom. The van der Waals surface area contributed by atoms with Crippen LogP contribution in [0.5, 0.6) is 0 Å². The van der Waals surface area contributed by atoms with Crippen molar-refractivity contribution in [2.45, 2.75) is 95.6 Å². The van der Waals surface area contributed by atoms with Crippen LogP contribution in [0.2, 0.25) is 0 Å². The number of hydrogen-bond donors (Lipinski definition) is 10. The normalized spacial score (nSPS) is 18.1. The Kier molecular flexibility index (Phi) is 15.2. The summed E-state index contributed by atoms with van der Waals surface area (Å²) in [6, 6.07) is -6.29. The van der Waals surface area contributed by atoms with Gasteiger partial charge in [0.1, 0.15) is 24.2 Å². The molecule has 1 fully saturated rings. The van der Waals surface area contributed by atoms with E-state index in [0.29, 0.717) is 13.0 Å². The van der Waals surface area contributed by atoms with E-state index in [0.717, 1.165) is 6.42 Å². The Labute approximate surface area is 243 Å². The smallest absolute Gasteiger partial charge is 0.326 e. The molecule has 0 aromatic rings. The Bertz CT molecular complexity index is 994. The molecular weight excluding hydrogens is 556 g/mol. The number of nitrogens with one attached hydrogen (secondary N) is 5. The largest absolute Gasteiger partial charge is 0.481 e. The van der Waals surface area contributed by atoms with Gasteiger partial charge in [-0.1, -0.05) is 13.8 Å². The van der Waals surface area contributed by atoms with Crippen molar-refractivity contribution in [1.29, 1.82) is 0 Å². The minimum absolute atomic E-state index is 0.0442. The number of carbonyl (C=O) groups is 6. The number of aliphatic imine (C=N–C) groups is 1. The SMILES string of the molecule is CC(C)C[C@H](NC(=O)[C@H](CC(=O)O)NC(=O)[C@@H]1CCCN1)C(=O)N[C@H](C(=O)N[C@@H](CCCN=C(N)N)C(=O)O)[C@@H](C)O. The number of aliphatic carboxylic acids is 2. The molecule has 42 heavy (non-hydrogen) atoms. The van der Waals surface area contributed by atoms with Crippen LogP contribution in [0, 0.1) is 5.92 Å². The minimum Gasteiger partial charge on any atom is -0.481 e. The number of rotatable bonds is 18.